The SMILES string of the molecule is C=CCOc1cccc(C(=O)Nc2ccccc2NC(C)=O)c1. The number of carbonyl (C=O) groups excluding carboxylic acids is 2. The van der Waals surface area contributed by atoms with Crippen LogP contribution in [0.4, 0.5) is 11.4 Å². The molecule has 0 aromatic heterocycles. The van der Waals surface area contributed by atoms with Crippen molar-refractivity contribution in [3.8, 4) is 5.75 Å². The number of amides is 2. The molecular formula is C18H18N2O3. The maximum absolute atomic E-state index is 12.4. The molecule has 0 spiro atoms. The first-order chi connectivity index (χ1) is 11.1. The van der Waals surface area contributed by atoms with Gasteiger partial charge in [-0.25, -0.2) is 0 Å². The topological polar surface area (TPSA) is 67.4 Å². The Hall–Kier alpha value is -3.08. The van der Waals surface area contributed by atoms with E-state index in [0.29, 0.717) is 29.3 Å². The van der Waals surface area contributed by atoms with Crippen molar-refractivity contribution >= 4 is 23.2 Å². The van der Waals surface area contributed by atoms with Gasteiger partial charge in [0.2, 0.25) is 5.91 Å². The molecule has 5 nitrogen and oxygen atoms in total. The summed E-state index contributed by atoms with van der Waals surface area (Å²) < 4.78 is 5.42. The fraction of sp³-hybridized carbons (Fsp3) is 0.111. The number of benzene rings is 2. The van der Waals surface area contributed by atoms with E-state index in [1.807, 2.05) is 0 Å². The van der Waals surface area contributed by atoms with Crippen molar-refractivity contribution in [3.63, 3.8) is 0 Å². The highest BCUT2D eigenvalue weighted by Crippen LogP contribution is 2.22. The highest BCUT2D eigenvalue weighted by atomic mass is 16.5. The summed E-state index contributed by atoms with van der Waals surface area (Å²) in [5.74, 6) is 0.103. The van der Waals surface area contributed by atoms with E-state index in [2.05, 4.69) is 17.2 Å². The van der Waals surface area contributed by atoms with Gasteiger partial charge in [-0.15, -0.1) is 0 Å². The van der Waals surface area contributed by atoms with Crippen molar-refractivity contribution in [2.75, 3.05) is 17.2 Å². The van der Waals surface area contributed by atoms with Gasteiger partial charge in [0.25, 0.3) is 5.91 Å². The lowest BCUT2D eigenvalue weighted by atomic mass is 10.2. The number of anilines is 2. The van der Waals surface area contributed by atoms with Crippen LogP contribution in [0.25, 0.3) is 0 Å². The van der Waals surface area contributed by atoms with Crippen molar-refractivity contribution in [1.29, 1.82) is 0 Å². The number of nitrogens with one attached hydrogen (secondary N) is 2. The number of hydrogen-bond donors (Lipinski definition) is 2. The molecule has 0 unspecified atom stereocenters. The minimum absolute atomic E-state index is 0.202. The Morgan fingerprint density at radius 2 is 1.78 bits per heavy atom. The van der Waals surface area contributed by atoms with Crippen LogP contribution in [0.3, 0.4) is 0 Å². The molecule has 0 aliphatic rings. The van der Waals surface area contributed by atoms with Crippen LogP contribution in [-0.2, 0) is 4.79 Å². The van der Waals surface area contributed by atoms with Crippen LogP contribution in [0.15, 0.2) is 61.2 Å². The highest BCUT2D eigenvalue weighted by Gasteiger charge is 2.10. The molecule has 0 aliphatic heterocycles. The van der Waals surface area contributed by atoms with Crippen LogP contribution in [0.2, 0.25) is 0 Å². The third-order valence-electron chi connectivity index (χ3n) is 2.95. The number of carbonyl (C=O) groups is 2. The maximum Gasteiger partial charge on any atom is 0.255 e. The smallest absolute Gasteiger partial charge is 0.255 e. The van der Waals surface area contributed by atoms with Crippen LogP contribution < -0.4 is 15.4 Å². The number of para-hydroxylation sites is 2. The third-order valence-corrected chi connectivity index (χ3v) is 2.95. The Bertz CT molecular complexity index is 726. The average molecular weight is 310 g/mol. The van der Waals surface area contributed by atoms with Gasteiger partial charge in [-0.1, -0.05) is 30.9 Å². The van der Waals surface area contributed by atoms with Gasteiger partial charge in [0.05, 0.1) is 11.4 Å². The Labute approximate surface area is 135 Å². The molecule has 0 aliphatic carbocycles. The van der Waals surface area contributed by atoms with E-state index < -0.39 is 0 Å². The van der Waals surface area contributed by atoms with Gasteiger partial charge < -0.3 is 15.4 Å². The Kier molecular flexibility index (Phi) is 5.52. The van der Waals surface area contributed by atoms with Crippen molar-refractivity contribution in [3.05, 3.63) is 66.7 Å². The van der Waals surface area contributed by atoms with E-state index in [1.165, 1.54) is 6.92 Å². The highest BCUT2D eigenvalue weighted by molar-refractivity contribution is 6.07. The summed E-state index contributed by atoms with van der Waals surface area (Å²) in [7, 11) is 0. The summed E-state index contributed by atoms with van der Waals surface area (Å²) in [6.45, 7) is 5.37. The van der Waals surface area contributed by atoms with Crippen LogP contribution in [0.1, 0.15) is 17.3 Å². The van der Waals surface area contributed by atoms with E-state index in [0.717, 1.165) is 0 Å². The van der Waals surface area contributed by atoms with Gasteiger partial charge >= 0.3 is 0 Å². The maximum atomic E-state index is 12.4. The predicted molar refractivity (Wildman–Crippen MR) is 90.8 cm³/mol. The molecular weight excluding hydrogens is 292 g/mol. The molecule has 5 heteroatoms. The molecule has 0 bridgehead atoms. The zero-order valence-electron chi connectivity index (χ0n) is 12.8. The molecule has 2 aromatic rings. The monoisotopic (exact) mass is 310 g/mol. The molecule has 23 heavy (non-hydrogen) atoms. The van der Waals surface area contributed by atoms with Gasteiger partial charge in [0.15, 0.2) is 0 Å². The molecule has 0 atom stereocenters. The quantitative estimate of drug-likeness (QED) is 0.803. The molecule has 0 saturated carbocycles. The van der Waals surface area contributed by atoms with Gasteiger partial charge in [0.1, 0.15) is 12.4 Å². The van der Waals surface area contributed by atoms with Gasteiger partial charge in [0, 0.05) is 12.5 Å². The summed E-state index contributed by atoms with van der Waals surface area (Å²) in [6.07, 6.45) is 1.64. The van der Waals surface area contributed by atoms with E-state index in [1.54, 1.807) is 54.6 Å². The van der Waals surface area contributed by atoms with Crippen molar-refractivity contribution in [2.45, 2.75) is 6.92 Å². The average Bonchev–Trinajstić information content (AvgIpc) is 2.54. The number of ether oxygens (including phenoxy) is 1. The molecule has 2 rings (SSSR count). The Balaban J connectivity index is 2.16. The van der Waals surface area contributed by atoms with Crippen LogP contribution in [-0.4, -0.2) is 18.4 Å². The molecule has 0 saturated heterocycles. The lowest BCUT2D eigenvalue weighted by Gasteiger charge is -2.12. The van der Waals surface area contributed by atoms with E-state index in [9.17, 15) is 9.59 Å². The standard InChI is InChI=1S/C18H18N2O3/c1-3-11-23-15-8-6-7-14(12-15)18(22)20-17-10-5-4-9-16(17)19-13(2)21/h3-10,12H,1,11H2,2H3,(H,19,21)(H,20,22). The number of rotatable bonds is 6. The summed E-state index contributed by atoms with van der Waals surface area (Å²) in [5, 5.41) is 5.47. The second-order valence-corrected chi connectivity index (χ2v) is 4.81. The van der Waals surface area contributed by atoms with Crippen molar-refractivity contribution in [1.82, 2.24) is 0 Å². The molecule has 0 heterocycles. The lowest BCUT2D eigenvalue weighted by molar-refractivity contribution is -0.114. The van der Waals surface area contributed by atoms with E-state index in [4.69, 9.17) is 4.74 Å². The Morgan fingerprint density at radius 3 is 2.43 bits per heavy atom. The van der Waals surface area contributed by atoms with Crippen LogP contribution in [0.5, 0.6) is 5.75 Å². The van der Waals surface area contributed by atoms with Crippen LogP contribution in [0, 0.1) is 0 Å². The molecule has 0 radical (unpaired) electrons. The first-order valence-electron chi connectivity index (χ1n) is 7.12. The first kappa shape index (κ1) is 16.3. The summed E-state index contributed by atoms with van der Waals surface area (Å²) in [5.41, 5.74) is 1.54. The van der Waals surface area contributed by atoms with E-state index in [-0.39, 0.29) is 11.8 Å². The first-order valence-corrected chi connectivity index (χ1v) is 7.12. The molecule has 2 N–H and O–H groups in total. The minimum atomic E-state index is -0.285. The third kappa shape index (κ3) is 4.71. The van der Waals surface area contributed by atoms with Crippen molar-refractivity contribution in [2.24, 2.45) is 0 Å². The van der Waals surface area contributed by atoms with E-state index >= 15 is 0 Å². The zero-order valence-corrected chi connectivity index (χ0v) is 12.8. The second-order valence-electron chi connectivity index (χ2n) is 4.81. The van der Waals surface area contributed by atoms with Gasteiger partial charge in [-0.3, -0.25) is 9.59 Å². The van der Waals surface area contributed by atoms with Gasteiger partial charge in [-0.05, 0) is 30.3 Å². The Morgan fingerprint density at radius 1 is 1.09 bits per heavy atom. The second kappa shape index (κ2) is 7.79. The molecule has 118 valence electrons. The van der Waals surface area contributed by atoms with Crippen molar-refractivity contribution < 1.29 is 14.3 Å². The van der Waals surface area contributed by atoms with Crippen LogP contribution >= 0.6 is 0 Å². The zero-order chi connectivity index (χ0) is 16.7. The normalized spacial score (nSPS) is 9.78. The number of hydrogen-bond acceptors (Lipinski definition) is 3. The predicted octanol–water partition coefficient (Wildman–Crippen LogP) is 3.46. The minimum Gasteiger partial charge on any atom is -0.490 e. The largest absolute Gasteiger partial charge is 0.490 e. The van der Waals surface area contributed by atoms with Gasteiger partial charge in [-0.2, -0.15) is 0 Å². The fourth-order valence-electron chi connectivity index (χ4n) is 1.97. The summed E-state index contributed by atoms with van der Waals surface area (Å²) >= 11 is 0. The summed E-state index contributed by atoms with van der Waals surface area (Å²) in [4.78, 5) is 23.6. The lowest BCUT2D eigenvalue weighted by Crippen LogP contribution is -2.15. The summed E-state index contributed by atoms with van der Waals surface area (Å²) in [6, 6.07) is 13.9. The molecule has 0 fully saturated rings. The fourth-order valence-corrected chi connectivity index (χ4v) is 1.97. The molecule has 2 amide bonds. The molecule has 2 aromatic carbocycles.